The molecule has 0 unspecified atom stereocenters. The van der Waals surface area contributed by atoms with E-state index in [4.69, 9.17) is 0 Å². The minimum absolute atomic E-state index is 0.0994. The number of benzene rings is 2. The van der Waals surface area contributed by atoms with Crippen molar-refractivity contribution in [2.45, 2.75) is 13.5 Å². The van der Waals surface area contributed by atoms with Gasteiger partial charge in [-0.05, 0) is 48.9 Å². The second-order valence-electron chi connectivity index (χ2n) is 6.06. The standard InChI is InChI=1S/C21H18FN3O2/c1-14-2-4-15(5-3-14)13-24-20(26)16-10-11-23-19(12-16)21(27)25-18-8-6-17(22)7-9-18/h2-12H,13H2,1H3,(H,24,26)(H,25,27). The van der Waals surface area contributed by atoms with E-state index in [-0.39, 0.29) is 11.6 Å². The molecule has 0 fully saturated rings. The number of carbonyl (C=O) groups excluding carboxylic acids is 2. The number of anilines is 1. The molecule has 1 aromatic heterocycles. The van der Waals surface area contributed by atoms with Crippen LogP contribution in [0.5, 0.6) is 0 Å². The van der Waals surface area contributed by atoms with Crippen LogP contribution in [0.1, 0.15) is 32.0 Å². The number of aryl methyl sites for hydroxylation is 1. The number of nitrogens with one attached hydrogen (secondary N) is 2. The number of carbonyl (C=O) groups is 2. The number of hydrogen-bond acceptors (Lipinski definition) is 3. The number of nitrogens with zero attached hydrogens (tertiary/aromatic N) is 1. The summed E-state index contributed by atoms with van der Waals surface area (Å²) in [6, 6.07) is 16.2. The molecular formula is C21H18FN3O2. The molecule has 0 spiro atoms. The molecule has 2 aromatic carbocycles. The largest absolute Gasteiger partial charge is 0.348 e. The highest BCUT2D eigenvalue weighted by molar-refractivity contribution is 6.04. The number of rotatable bonds is 5. The Morgan fingerprint density at radius 3 is 2.37 bits per heavy atom. The SMILES string of the molecule is Cc1ccc(CNC(=O)c2ccnc(C(=O)Nc3ccc(F)cc3)c2)cc1. The van der Waals surface area contributed by atoms with Crippen molar-refractivity contribution in [2.24, 2.45) is 0 Å². The number of halogens is 1. The van der Waals surface area contributed by atoms with Gasteiger partial charge >= 0.3 is 0 Å². The van der Waals surface area contributed by atoms with E-state index in [1.54, 1.807) is 6.07 Å². The Morgan fingerprint density at radius 1 is 0.963 bits per heavy atom. The van der Waals surface area contributed by atoms with Crippen LogP contribution in [0.4, 0.5) is 10.1 Å². The van der Waals surface area contributed by atoms with Gasteiger partial charge in [0.05, 0.1) is 0 Å². The molecule has 2 amide bonds. The van der Waals surface area contributed by atoms with Crippen LogP contribution in [0.15, 0.2) is 66.9 Å². The highest BCUT2D eigenvalue weighted by Gasteiger charge is 2.12. The maximum Gasteiger partial charge on any atom is 0.274 e. The van der Waals surface area contributed by atoms with Crippen LogP contribution in [0, 0.1) is 12.7 Å². The van der Waals surface area contributed by atoms with Crippen molar-refractivity contribution in [3.8, 4) is 0 Å². The van der Waals surface area contributed by atoms with Crippen molar-refractivity contribution in [1.29, 1.82) is 0 Å². The van der Waals surface area contributed by atoms with Gasteiger partial charge in [-0.3, -0.25) is 14.6 Å². The minimum atomic E-state index is -0.477. The molecule has 6 heteroatoms. The molecule has 0 radical (unpaired) electrons. The molecule has 27 heavy (non-hydrogen) atoms. The fourth-order valence-corrected chi connectivity index (χ4v) is 2.41. The molecule has 0 saturated carbocycles. The summed E-state index contributed by atoms with van der Waals surface area (Å²) in [4.78, 5) is 28.6. The van der Waals surface area contributed by atoms with E-state index in [2.05, 4.69) is 15.6 Å². The Hall–Kier alpha value is -3.54. The van der Waals surface area contributed by atoms with Crippen LogP contribution in [0.25, 0.3) is 0 Å². The monoisotopic (exact) mass is 363 g/mol. The number of amides is 2. The van der Waals surface area contributed by atoms with Gasteiger partial charge < -0.3 is 10.6 Å². The van der Waals surface area contributed by atoms with Gasteiger partial charge in [-0.2, -0.15) is 0 Å². The van der Waals surface area contributed by atoms with E-state index in [0.29, 0.717) is 17.8 Å². The molecule has 0 atom stereocenters. The molecule has 1 heterocycles. The smallest absolute Gasteiger partial charge is 0.274 e. The van der Waals surface area contributed by atoms with Crippen molar-refractivity contribution >= 4 is 17.5 Å². The molecule has 136 valence electrons. The molecule has 5 nitrogen and oxygen atoms in total. The van der Waals surface area contributed by atoms with E-state index >= 15 is 0 Å². The van der Waals surface area contributed by atoms with Crippen molar-refractivity contribution < 1.29 is 14.0 Å². The normalized spacial score (nSPS) is 10.3. The Balaban J connectivity index is 1.65. The first kappa shape index (κ1) is 18.3. The maximum absolute atomic E-state index is 12.9. The Bertz CT molecular complexity index is 954. The molecular weight excluding hydrogens is 345 g/mol. The number of pyridine rings is 1. The molecule has 3 rings (SSSR count). The highest BCUT2D eigenvalue weighted by Crippen LogP contribution is 2.11. The highest BCUT2D eigenvalue weighted by atomic mass is 19.1. The second-order valence-corrected chi connectivity index (χ2v) is 6.06. The van der Waals surface area contributed by atoms with Crippen LogP contribution in [-0.4, -0.2) is 16.8 Å². The third-order valence-corrected chi connectivity index (χ3v) is 3.93. The summed E-state index contributed by atoms with van der Waals surface area (Å²) in [5.74, 6) is -1.16. The predicted molar refractivity (Wildman–Crippen MR) is 101 cm³/mol. The van der Waals surface area contributed by atoms with Crippen molar-refractivity contribution in [1.82, 2.24) is 10.3 Å². The summed E-state index contributed by atoms with van der Waals surface area (Å²) < 4.78 is 12.9. The van der Waals surface area contributed by atoms with Crippen LogP contribution in [0.3, 0.4) is 0 Å². The number of aromatic nitrogens is 1. The summed E-state index contributed by atoms with van der Waals surface area (Å²) in [7, 11) is 0. The quantitative estimate of drug-likeness (QED) is 0.726. The van der Waals surface area contributed by atoms with Gasteiger partial charge in [-0.15, -0.1) is 0 Å². The van der Waals surface area contributed by atoms with Crippen molar-refractivity contribution in [3.63, 3.8) is 0 Å². The lowest BCUT2D eigenvalue weighted by atomic mass is 10.1. The van der Waals surface area contributed by atoms with Crippen LogP contribution in [-0.2, 0) is 6.54 Å². The third kappa shape index (κ3) is 4.98. The van der Waals surface area contributed by atoms with Gasteiger partial charge in [0.2, 0.25) is 0 Å². The predicted octanol–water partition coefficient (Wildman–Crippen LogP) is 3.71. The van der Waals surface area contributed by atoms with Gasteiger partial charge in [0.1, 0.15) is 11.5 Å². The van der Waals surface area contributed by atoms with Crippen LogP contribution < -0.4 is 10.6 Å². The van der Waals surface area contributed by atoms with E-state index in [1.807, 2.05) is 31.2 Å². The van der Waals surface area contributed by atoms with Gasteiger partial charge in [0, 0.05) is 24.0 Å². The summed E-state index contributed by atoms with van der Waals surface area (Å²) in [5, 5.41) is 5.43. The van der Waals surface area contributed by atoms with Gasteiger partial charge in [-0.1, -0.05) is 29.8 Å². The summed E-state index contributed by atoms with van der Waals surface area (Å²) in [6.07, 6.45) is 1.40. The Morgan fingerprint density at radius 2 is 1.67 bits per heavy atom. The first-order valence-corrected chi connectivity index (χ1v) is 8.38. The van der Waals surface area contributed by atoms with Crippen LogP contribution in [0.2, 0.25) is 0 Å². The fraction of sp³-hybridized carbons (Fsp3) is 0.0952. The fourth-order valence-electron chi connectivity index (χ4n) is 2.41. The summed E-state index contributed by atoms with van der Waals surface area (Å²) in [6.45, 7) is 2.39. The average molecular weight is 363 g/mol. The van der Waals surface area contributed by atoms with E-state index < -0.39 is 11.7 Å². The number of hydrogen-bond donors (Lipinski definition) is 2. The van der Waals surface area contributed by atoms with Crippen LogP contribution >= 0.6 is 0 Å². The van der Waals surface area contributed by atoms with E-state index in [9.17, 15) is 14.0 Å². The topological polar surface area (TPSA) is 71.1 Å². The van der Waals surface area contributed by atoms with Crippen molar-refractivity contribution in [2.75, 3.05) is 5.32 Å². The maximum atomic E-state index is 12.9. The summed E-state index contributed by atoms with van der Waals surface area (Å²) >= 11 is 0. The molecule has 3 aromatic rings. The Kier molecular flexibility index (Phi) is 5.56. The molecule has 0 saturated heterocycles. The molecule has 0 aliphatic carbocycles. The van der Waals surface area contributed by atoms with Crippen molar-refractivity contribution in [3.05, 3.63) is 95.1 Å². The lowest BCUT2D eigenvalue weighted by Crippen LogP contribution is -2.23. The van der Waals surface area contributed by atoms with Gasteiger partial charge in [0.15, 0.2) is 0 Å². The molecule has 0 aliphatic rings. The first-order valence-electron chi connectivity index (χ1n) is 8.38. The molecule has 2 N–H and O–H groups in total. The molecule has 0 aliphatic heterocycles. The zero-order valence-electron chi connectivity index (χ0n) is 14.7. The van der Waals surface area contributed by atoms with E-state index in [1.165, 1.54) is 36.5 Å². The third-order valence-electron chi connectivity index (χ3n) is 3.93. The zero-order valence-corrected chi connectivity index (χ0v) is 14.7. The minimum Gasteiger partial charge on any atom is -0.348 e. The molecule has 0 bridgehead atoms. The first-order chi connectivity index (χ1) is 13.0. The van der Waals surface area contributed by atoms with E-state index in [0.717, 1.165) is 11.1 Å². The van der Waals surface area contributed by atoms with Gasteiger partial charge in [0.25, 0.3) is 11.8 Å². The van der Waals surface area contributed by atoms with Gasteiger partial charge in [-0.25, -0.2) is 4.39 Å². The lowest BCUT2D eigenvalue weighted by molar-refractivity contribution is 0.0951. The lowest BCUT2D eigenvalue weighted by Gasteiger charge is -2.08. The zero-order chi connectivity index (χ0) is 19.2. The summed E-state index contributed by atoms with van der Waals surface area (Å²) in [5.41, 5.74) is 3.01. The average Bonchev–Trinajstić information content (AvgIpc) is 2.69. The Labute approximate surface area is 156 Å². The second kappa shape index (κ2) is 8.23.